The van der Waals surface area contributed by atoms with E-state index in [2.05, 4.69) is 20.6 Å². The van der Waals surface area contributed by atoms with Crippen LogP contribution in [-0.2, 0) is 4.74 Å². The van der Waals surface area contributed by atoms with Crippen molar-refractivity contribution in [1.82, 2.24) is 25.3 Å². The number of hydrogen-bond donors (Lipinski definition) is 1. The third kappa shape index (κ3) is 4.42. The van der Waals surface area contributed by atoms with Gasteiger partial charge in [-0.25, -0.2) is 14.1 Å². The Morgan fingerprint density at radius 1 is 1.29 bits per heavy atom. The van der Waals surface area contributed by atoms with Crippen LogP contribution in [0.4, 0.5) is 4.39 Å². The summed E-state index contributed by atoms with van der Waals surface area (Å²) in [6.07, 6.45) is 0.759. The third-order valence-corrected chi connectivity index (χ3v) is 5.29. The van der Waals surface area contributed by atoms with Gasteiger partial charge in [0.1, 0.15) is 21.4 Å². The van der Waals surface area contributed by atoms with Crippen molar-refractivity contribution in [1.29, 1.82) is 0 Å². The maximum atomic E-state index is 13.1. The van der Waals surface area contributed by atoms with Gasteiger partial charge in [-0.2, -0.15) is 0 Å². The Balaban J connectivity index is 1.76. The highest BCUT2D eigenvalue weighted by Gasteiger charge is 2.20. The number of hydrogen-bond acceptors (Lipinski definition) is 6. The predicted molar refractivity (Wildman–Crippen MR) is 105 cm³/mol. The number of nitrogens with one attached hydrogen (secondary N) is 1. The van der Waals surface area contributed by atoms with E-state index in [-0.39, 0.29) is 11.7 Å². The molecular formula is C19H22FN5O2S. The standard InChI is InChI=1S/C19H22FN5O2S/c1-4-27-11-5-10-21-18(26)17-12(2)22-19(28-17)16-13(3)25(24-23-16)15-8-6-14(20)7-9-15/h6-9H,4-5,10-11H2,1-3H3,(H,21,26). The van der Waals surface area contributed by atoms with Crippen molar-refractivity contribution >= 4 is 17.2 Å². The van der Waals surface area contributed by atoms with E-state index < -0.39 is 0 Å². The summed E-state index contributed by atoms with van der Waals surface area (Å²) in [5, 5.41) is 11.9. The van der Waals surface area contributed by atoms with Crippen molar-refractivity contribution in [3.63, 3.8) is 0 Å². The van der Waals surface area contributed by atoms with Crippen molar-refractivity contribution < 1.29 is 13.9 Å². The van der Waals surface area contributed by atoms with E-state index in [9.17, 15) is 9.18 Å². The first-order chi connectivity index (χ1) is 13.5. The molecule has 0 saturated heterocycles. The fourth-order valence-corrected chi connectivity index (χ4v) is 3.68. The van der Waals surface area contributed by atoms with Gasteiger partial charge < -0.3 is 10.1 Å². The Hall–Kier alpha value is -2.65. The number of carbonyl (C=O) groups excluding carboxylic acids is 1. The zero-order valence-corrected chi connectivity index (χ0v) is 16.8. The van der Waals surface area contributed by atoms with Crippen LogP contribution in [0.2, 0.25) is 0 Å². The summed E-state index contributed by atoms with van der Waals surface area (Å²) in [4.78, 5) is 17.5. The number of amides is 1. The van der Waals surface area contributed by atoms with E-state index in [0.717, 1.165) is 12.1 Å². The number of thiazole rings is 1. The van der Waals surface area contributed by atoms with E-state index >= 15 is 0 Å². The molecule has 1 aromatic carbocycles. The summed E-state index contributed by atoms with van der Waals surface area (Å²) < 4.78 is 20.0. The Morgan fingerprint density at radius 3 is 2.75 bits per heavy atom. The Labute approximate surface area is 166 Å². The molecule has 9 heteroatoms. The average molecular weight is 403 g/mol. The minimum atomic E-state index is -0.311. The molecule has 0 radical (unpaired) electrons. The van der Waals surface area contributed by atoms with Gasteiger partial charge in [0.05, 0.1) is 17.1 Å². The zero-order valence-electron chi connectivity index (χ0n) is 16.0. The smallest absolute Gasteiger partial charge is 0.263 e. The fraction of sp³-hybridized carbons (Fsp3) is 0.368. The van der Waals surface area contributed by atoms with Gasteiger partial charge in [0.25, 0.3) is 5.91 Å². The van der Waals surface area contributed by atoms with E-state index in [4.69, 9.17) is 4.74 Å². The molecule has 0 unspecified atom stereocenters. The lowest BCUT2D eigenvalue weighted by Gasteiger charge is -2.04. The second-order valence-corrected chi connectivity index (χ2v) is 7.15. The van der Waals surface area contributed by atoms with Crippen LogP contribution < -0.4 is 5.32 Å². The van der Waals surface area contributed by atoms with Crippen molar-refractivity contribution in [3.05, 3.63) is 46.3 Å². The van der Waals surface area contributed by atoms with Crippen LogP contribution >= 0.6 is 11.3 Å². The number of ether oxygens (including phenoxy) is 1. The van der Waals surface area contributed by atoms with Crippen LogP contribution in [0, 0.1) is 19.7 Å². The van der Waals surface area contributed by atoms with Gasteiger partial charge in [-0.15, -0.1) is 16.4 Å². The first-order valence-electron chi connectivity index (χ1n) is 9.03. The molecular weight excluding hydrogens is 381 g/mol. The van der Waals surface area contributed by atoms with E-state index in [0.29, 0.717) is 46.7 Å². The van der Waals surface area contributed by atoms with E-state index in [1.807, 2.05) is 13.8 Å². The zero-order chi connectivity index (χ0) is 20.1. The van der Waals surface area contributed by atoms with Crippen molar-refractivity contribution in [2.24, 2.45) is 0 Å². The number of aryl methyl sites for hydroxylation is 1. The summed E-state index contributed by atoms with van der Waals surface area (Å²) in [6, 6.07) is 6.01. The third-order valence-electron chi connectivity index (χ3n) is 4.13. The second kappa shape index (κ2) is 9.03. The van der Waals surface area contributed by atoms with E-state index in [1.165, 1.54) is 23.5 Å². The molecule has 3 aromatic rings. The molecule has 0 bridgehead atoms. The number of nitrogens with zero attached hydrogens (tertiary/aromatic N) is 4. The number of halogens is 1. The second-order valence-electron chi connectivity index (χ2n) is 6.15. The van der Waals surface area contributed by atoms with Gasteiger partial charge in [0, 0.05) is 19.8 Å². The molecule has 0 atom stereocenters. The number of carbonyl (C=O) groups is 1. The molecule has 148 valence electrons. The molecule has 28 heavy (non-hydrogen) atoms. The van der Waals surface area contributed by atoms with Crippen LogP contribution in [0.1, 0.15) is 34.4 Å². The highest BCUT2D eigenvalue weighted by Crippen LogP contribution is 2.29. The minimum Gasteiger partial charge on any atom is -0.382 e. The maximum absolute atomic E-state index is 13.1. The summed E-state index contributed by atoms with van der Waals surface area (Å²) in [7, 11) is 0. The molecule has 0 aliphatic heterocycles. The SMILES string of the molecule is CCOCCCNC(=O)c1sc(-c2nnn(-c3ccc(F)cc3)c2C)nc1C. The topological polar surface area (TPSA) is 81.9 Å². The van der Waals surface area contributed by atoms with E-state index in [1.54, 1.807) is 23.7 Å². The van der Waals surface area contributed by atoms with Crippen LogP contribution in [0.5, 0.6) is 0 Å². The Morgan fingerprint density at radius 2 is 2.04 bits per heavy atom. The summed E-state index contributed by atoms with van der Waals surface area (Å²) in [5.41, 5.74) is 2.73. The van der Waals surface area contributed by atoms with Gasteiger partial charge in [0.15, 0.2) is 0 Å². The Kier molecular flexibility index (Phi) is 6.48. The lowest BCUT2D eigenvalue weighted by atomic mass is 10.3. The molecule has 0 fully saturated rings. The highest BCUT2D eigenvalue weighted by atomic mass is 32.1. The summed E-state index contributed by atoms with van der Waals surface area (Å²) in [6.45, 7) is 7.44. The number of aromatic nitrogens is 4. The van der Waals surface area contributed by atoms with Crippen molar-refractivity contribution in [2.75, 3.05) is 19.8 Å². The normalized spacial score (nSPS) is 11.0. The van der Waals surface area contributed by atoms with Gasteiger partial charge in [-0.05, 0) is 51.5 Å². The lowest BCUT2D eigenvalue weighted by molar-refractivity contribution is 0.0947. The summed E-state index contributed by atoms with van der Waals surface area (Å²) >= 11 is 1.28. The van der Waals surface area contributed by atoms with Crippen LogP contribution in [-0.4, -0.2) is 45.6 Å². The largest absolute Gasteiger partial charge is 0.382 e. The molecule has 2 aromatic heterocycles. The summed E-state index contributed by atoms with van der Waals surface area (Å²) in [5.74, 6) is -0.462. The molecule has 1 N–H and O–H groups in total. The molecule has 0 saturated carbocycles. The van der Waals surface area contributed by atoms with Crippen LogP contribution in [0.3, 0.4) is 0 Å². The molecule has 3 rings (SSSR count). The van der Waals surface area contributed by atoms with Gasteiger partial charge in [-0.1, -0.05) is 5.21 Å². The monoisotopic (exact) mass is 403 g/mol. The lowest BCUT2D eigenvalue weighted by Crippen LogP contribution is -2.25. The van der Waals surface area contributed by atoms with Crippen LogP contribution in [0.15, 0.2) is 24.3 Å². The molecule has 1 amide bonds. The number of rotatable bonds is 8. The molecule has 0 aliphatic rings. The highest BCUT2D eigenvalue weighted by molar-refractivity contribution is 7.17. The van der Waals surface area contributed by atoms with Crippen molar-refractivity contribution in [2.45, 2.75) is 27.2 Å². The molecule has 7 nitrogen and oxygen atoms in total. The maximum Gasteiger partial charge on any atom is 0.263 e. The van der Waals surface area contributed by atoms with Gasteiger partial charge >= 0.3 is 0 Å². The first-order valence-corrected chi connectivity index (χ1v) is 9.85. The average Bonchev–Trinajstić information content (AvgIpc) is 3.25. The quantitative estimate of drug-likeness (QED) is 0.584. The molecule has 2 heterocycles. The first kappa shape index (κ1) is 20.1. The number of benzene rings is 1. The Bertz CT molecular complexity index is 952. The molecule has 0 spiro atoms. The van der Waals surface area contributed by atoms with Crippen molar-refractivity contribution in [3.8, 4) is 16.4 Å². The van der Waals surface area contributed by atoms with Crippen LogP contribution in [0.25, 0.3) is 16.4 Å². The fourth-order valence-electron chi connectivity index (χ4n) is 2.66. The predicted octanol–water partition coefficient (Wildman–Crippen LogP) is 3.30. The minimum absolute atomic E-state index is 0.152. The van der Waals surface area contributed by atoms with Gasteiger partial charge in [0.2, 0.25) is 0 Å². The molecule has 0 aliphatic carbocycles. The van der Waals surface area contributed by atoms with Gasteiger partial charge in [-0.3, -0.25) is 4.79 Å².